The number of nitrogens with zero attached hydrogens (tertiary/aromatic N) is 3. The van der Waals surface area contributed by atoms with Crippen LogP contribution in [0.2, 0.25) is 0 Å². The Morgan fingerprint density at radius 2 is 1.67 bits per heavy atom. The van der Waals surface area contributed by atoms with Gasteiger partial charge in [0.2, 0.25) is 35.4 Å². The number of carboxylic acid groups (broad SMARTS) is 1. The van der Waals surface area contributed by atoms with Crippen LogP contribution in [-0.4, -0.2) is 111 Å². The number of guanidine groups is 1. The maximum absolute atomic E-state index is 13.6. The number of aliphatic imine (C=N–C) groups is 1. The van der Waals surface area contributed by atoms with Gasteiger partial charge in [-0.25, -0.2) is 9.78 Å². The van der Waals surface area contributed by atoms with Gasteiger partial charge in [-0.3, -0.25) is 33.8 Å². The number of aromatic amines is 1. The third kappa shape index (κ3) is 12.0. The number of likely N-dealkylation sites (tertiary alicyclic amines) is 1. The molecule has 20 nitrogen and oxygen atoms in total. The average molecular weight is 651 g/mol. The molecule has 2 heterocycles. The Kier molecular flexibility index (Phi) is 14.4. The maximum atomic E-state index is 13.6. The number of aliphatic carboxylic acids is 1. The lowest BCUT2D eigenvalue weighted by Crippen LogP contribution is -2.59. The number of nitrogens with two attached hydrogens (primary N) is 5. The number of imidazole rings is 1. The molecule has 5 atom stereocenters. The number of H-pyrrole nitrogens is 1. The van der Waals surface area contributed by atoms with Crippen molar-refractivity contribution in [2.75, 3.05) is 13.1 Å². The molecular weight excluding hydrogens is 608 g/mol. The summed E-state index contributed by atoms with van der Waals surface area (Å²) in [4.78, 5) is 99.3. The molecule has 0 saturated carbocycles. The lowest BCUT2D eigenvalue weighted by Gasteiger charge is -2.30. The number of carbonyl (C=O) groups excluding carboxylic acids is 6. The quantitative estimate of drug-likeness (QED) is 0.0382. The number of aromatic nitrogens is 2. The number of carboxylic acids is 1. The van der Waals surface area contributed by atoms with E-state index in [0.29, 0.717) is 12.1 Å². The van der Waals surface area contributed by atoms with Gasteiger partial charge in [0.25, 0.3) is 0 Å². The summed E-state index contributed by atoms with van der Waals surface area (Å²) in [5.74, 6) is -6.27. The normalized spacial score (nSPS) is 16.7. The van der Waals surface area contributed by atoms with Gasteiger partial charge in [0.15, 0.2) is 5.96 Å². The summed E-state index contributed by atoms with van der Waals surface area (Å²) in [5.41, 5.74) is 27.3. The fourth-order valence-electron chi connectivity index (χ4n) is 4.74. The lowest BCUT2D eigenvalue weighted by molar-refractivity contribution is -0.145. The third-order valence-electron chi connectivity index (χ3n) is 7.07. The van der Waals surface area contributed by atoms with E-state index >= 15 is 0 Å². The second kappa shape index (κ2) is 17.9. The van der Waals surface area contributed by atoms with Crippen molar-refractivity contribution in [3.63, 3.8) is 0 Å². The summed E-state index contributed by atoms with van der Waals surface area (Å²) in [6.45, 7) is 0.221. The zero-order valence-electron chi connectivity index (χ0n) is 25.1. The monoisotopic (exact) mass is 650 g/mol. The van der Waals surface area contributed by atoms with Crippen LogP contribution in [0.15, 0.2) is 17.5 Å². The van der Waals surface area contributed by atoms with Gasteiger partial charge in [0.1, 0.15) is 24.2 Å². The Balaban J connectivity index is 2.19. The van der Waals surface area contributed by atoms with Gasteiger partial charge in [-0.05, 0) is 32.1 Å². The van der Waals surface area contributed by atoms with Crippen LogP contribution in [0.3, 0.4) is 0 Å². The van der Waals surface area contributed by atoms with E-state index in [9.17, 15) is 38.7 Å². The van der Waals surface area contributed by atoms with Crippen LogP contribution in [0.25, 0.3) is 0 Å². The van der Waals surface area contributed by atoms with Crippen molar-refractivity contribution in [1.29, 1.82) is 0 Å². The van der Waals surface area contributed by atoms with E-state index in [2.05, 4.69) is 30.9 Å². The van der Waals surface area contributed by atoms with E-state index in [-0.39, 0.29) is 57.6 Å². The predicted molar refractivity (Wildman–Crippen MR) is 161 cm³/mol. The Morgan fingerprint density at radius 1 is 0.978 bits per heavy atom. The standard InChI is InChI=1S/C26H42N12O8/c27-14(5-6-19(28)39)21(41)36-16(9-13-11-32-12-34-13)22(42)37-17(10-20(29)40)24(44)38-8-2-4-18(38)23(43)35-15(25(45)46)3-1-7-33-26(30)31/h11-12,14-18H,1-10,27H2,(H2,28,39)(H2,29,40)(H,32,34)(H,35,43)(H,36,41)(H,37,42)(H,45,46)(H4,30,31,33)/t14-,15-,16-,17-,18-/m0/s1. The van der Waals surface area contributed by atoms with Gasteiger partial charge >= 0.3 is 5.97 Å². The first kappa shape index (κ1) is 36.9. The molecule has 1 saturated heterocycles. The molecule has 1 aliphatic heterocycles. The summed E-state index contributed by atoms with van der Waals surface area (Å²) in [6, 6.07) is -6.41. The first-order chi connectivity index (χ1) is 21.7. The molecule has 6 amide bonds. The average Bonchev–Trinajstić information content (AvgIpc) is 3.68. The highest BCUT2D eigenvalue weighted by Crippen LogP contribution is 2.20. The van der Waals surface area contributed by atoms with Gasteiger partial charge in [-0.2, -0.15) is 0 Å². The molecule has 1 fully saturated rings. The minimum absolute atomic E-state index is 0.00844. The lowest BCUT2D eigenvalue weighted by atomic mass is 10.1. The van der Waals surface area contributed by atoms with Crippen molar-refractivity contribution < 1.29 is 38.7 Å². The number of rotatable bonds is 19. The highest BCUT2D eigenvalue weighted by Gasteiger charge is 2.40. The Labute approximate surface area is 263 Å². The summed E-state index contributed by atoms with van der Waals surface area (Å²) < 4.78 is 0. The highest BCUT2D eigenvalue weighted by atomic mass is 16.4. The molecule has 1 aliphatic rings. The molecule has 15 N–H and O–H groups in total. The van der Waals surface area contributed by atoms with Gasteiger partial charge in [0, 0.05) is 37.8 Å². The number of primary amides is 2. The molecule has 254 valence electrons. The van der Waals surface area contributed by atoms with Crippen LogP contribution in [0.1, 0.15) is 50.6 Å². The van der Waals surface area contributed by atoms with Crippen molar-refractivity contribution in [3.8, 4) is 0 Å². The molecular formula is C26H42N12O8. The largest absolute Gasteiger partial charge is 0.480 e. The van der Waals surface area contributed by atoms with E-state index in [1.165, 1.54) is 12.5 Å². The summed E-state index contributed by atoms with van der Waals surface area (Å²) in [5, 5.41) is 16.9. The minimum Gasteiger partial charge on any atom is -0.480 e. The van der Waals surface area contributed by atoms with E-state index in [0.717, 1.165) is 4.90 Å². The second-order valence-corrected chi connectivity index (χ2v) is 10.7. The predicted octanol–water partition coefficient (Wildman–Crippen LogP) is -5.00. The van der Waals surface area contributed by atoms with Crippen LogP contribution in [0.5, 0.6) is 0 Å². The van der Waals surface area contributed by atoms with E-state index in [1.54, 1.807) is 0 Å². The van der Waals surface area contributed by atoms with Crippen LogP contribution in [0, 0.1) is 0 Å². The Morgan fingerprint density at radius 3 is 2.26 bits per heavy atom. The maximum Gasteiger partial charge on any atom is 0.326 e. The molecule has 0 spiro atoms. The molecule has 2 rings (SSSR count). The van der Waals surface area contributed by atoms with Crippen molar-refractivity contribution in [3.05, 3.63) is 18.2 Å². The molecule has 0 radical (unpaired) electrons. The second-order valence-electron chi connectivity index (χ2n) is 10.7. The van der Waals surface area contributed by atoms with E-state index < -0.39 is 78.0 Å². The molecule has 1 aromatic heterocycles. The van der Waals surface area contributed by atoms with Crippen LogP contribution in [0.4, 0.5) is 0 Å². The first-order valence-electron chi connectivity index (χ1n) is 14.5. The number of hydrogen-bond acceptors (Lipinski definition) is 10. The number of amides is 6. The highest BCUT2D eigenvalue weighted by molar-refractivity contribution is 5.97. The van der Waals surface area contributed by atoms with Crippen LogP contribution in [-0.2, 0) is 40.0 Å². The van der Waals surface area contributed by atoms with Gasteiger partial charge in [-0.15, -0.1) is 0 Å². The zero-order valence-corrected chi connectivity index (χ0v) is 25.1. The van der Waals surface area contributed by atoms with Crippen LogP contribution >= 0.6 is 0 Å². The number of carbonyl (C=O) groups is 7. The summed E-state index contributed by atoms with van der Waals surface area (Å²) in [6.07, 6.45) is 2.58. The Bertz CT molecular complexity index is 1280. The molecule has 0 aromatic carbocycles. The van der Waals surface area contributed by atoms with Gasteiger partial charge in [0.05, 0.1) is 18.8 Å². The smallest absolute Gasteiger partial charge is 0.326 e. The Hall–Kier alpha value is -5.27. The van der Waals surface area contributed by atoms with Crippen molar-refractivity contribution in [2.45, 2.75) is 81.6 Å². The topological polar surface area (TPSA) is 350 Å². The fraction of sp³-hybridized carbons (Fsp3) is 0.577. The molecule has 1 aromatic rings. The summed E-state index contributed by atoms with van der Waals surface area (Å²) >= 11 is 0. The van der Waals surface area contributed by atoms with Crippen molar-refractivity contribution >= 4 is 47.4 Å². The molecule has 0 bridgehead atoms. The van der Waals surface area contributed by atoms with Gasteiger partial charge in [-0.1, -0.05) is 0 Å². The zero-order chi connectivity index (χ0) is 34.4. The molecule has 46 heavy (non-hydrogen) atoms. The van der Waals surface area contributed by atoms with E-state index in [1.807, 2.05) is 0 Å². The molecule has 0 unspecified atom stereocenters. The van der Waals surface area contributed by atoms with Gasteiger partial charge < -0.3 is 59.6 Å². The molecule has 20 heteroatoms. The summed E-state index contributed by atoms with van der Waals surface area (Å²) in [7, 11) is 0. The van der Waals surface area contributed by atoms with Crippen molar-refractivity contribution in [1.82, 2.24) is 30.8 Å². The SMILES string of the molecule is NC(=O)CC[C@H](N)C(=O)N[C@@H](Cc1cnc[nH]1)C(=O)N[C@@H](CC(N)=O)C(=O)N1CCC[C@H]1C(=O)N[C@@H](CCCN=C(N)N)C(=O)O. The third-order valence-corrected chi connectivity index (χ3v) is 7.07. The molecule has 0 aliphatic carbocycles. The first-order valence-corrected chi connectivity index (χ1v) is 14.5. The van der Waals surface area contributed by atoms with Crippen LogP contribution < -0.4 is 44.6 Å². The fourth-order valence-corrected chi connectivity index (χ4v) is 4.74. The number of nitrogens with one attached hydrogen (secondary N) is 4. The number of hydrogen-bond donors (Lipinski definition) is 10. The minimum atomic E-state index is -1.53. The van der Waals surface area contributed by atoms with Crippen molar-refractivity contribution in [2.24, 2.45) is 33.7 Å². The van der Waals surface area contributed by atoms with E-state index in [4.69, 9.17) is 28.7 Å².